The first kappa shape index (κ1) is 16.3. The van der Waals surface area contributed by atoms with E-state index in [9.17, 15) is 8.42 Å². The van der Waals surface area contributed by atoms with Gasteiger partial charge >= 0.3 is 0 Å². The first-order valence-corrected chi connectivity index (χ1v) is 8.84. The second kappa shape index (κ2) is 7.24. The van der Waals surface area contributed by atoms with E-state index in [1.165, 1.54) is 12.3 Å². The van der Waals surface area contributed by atoms with Crippen LogP contribution in [0.15, 0.2) is 71.8 Å². The van der Waals surface area contributed by atoms with Gasteiger partial charge in [-0.3, -0.25) is 4.98 Å². The van der Waals surface area contributed by atoms with Gasteiger partial charge in [0.25, 0.3) is 9.05 Å². The monoisotopic (exact) mass is 334 g/mol. The Balaban J connectivity index is 0.000000188. The minimum Gasteiger partial charge on any atom is -0.388 e. The largest absolute Gasteiger partial charge is 0.388 e. The number of fused-ring (bicyclic) bond motifs is 1. The zero-order valence-electron chi connectivity index (χ0n) is 11.9. The molecule has 3 rings (SSSR count). The second-order valence-corrected chi connectivity index (χ2v) is 6.92. The van der Waals surface area contributed by atoms with Crippen LogP contribution >= 0.6 is 10.7 Å². The summed E-state index contributed by atoms with van der Waals surface area (Å²) in [6, 6.07) is 18.5. The molecule has 0 bridgehead atoms. The van der Waals surface area contributed by atoms with Crippen LogP contribution in [0.1, 0.15) is 0 Å². The maximum absolute atomic E-state index is 11.2. The molecule has 0 aliphatic rings. The van der Waals surface area contributed by atoms with Crippen molar-refractivity contribution in [1.82, 2.24) is 4.98 Å². The summed E-state index contributed by atoms with van der Waals surface area (Å²) in [4.78, 5) is 4.04. The van der Waals surface area contributed by atoms with Crippen LogP contribution < -0.4 is 5.32 Å². The van der Waals surface area contributed by atoms with Crippen LogP contribution in [0, 0.1) is 0 Å². The van der Waals surface area contributed by atoms with Crippen LogP contribution in [0.2, 0.25) is 0 Å². The third kappa shape index (κ3) is 4.19. The van der Waals surface area contributed by atoms with Crippen LogP contribution in [-0.4, -0.2) is 20.4 Å². The molecule has 1 aromatic heterocycles. The Labute approximate surface area is 134 Å². The fourth-order valence-electron chi connectivity index (χ4n) is 1.88. The van der Waals surface area contributed by atoms with Crippen LogP contribution in [0.3, 0.4) is 0 Å². The molecule has 2 aromatic carbocycles. The van der Waals surface area contributed by atoms with E-state index in [4.69, 9.17) is 10.7 Å². The summed E-state index contributed by atoms with van der Waals surface area (Å²) in [6.45, 7) is 0. The number of rotatable bonds is 2. The summed E-state index contributed by atoms with van der Waals surface area (Å²) < 4.78 is 22.3. The van der Waals surface area contributed by atoms with E-state index in [0.717, 1.165) is 11.1 Å². The molecular formula is C16H15ClN2O2S. The summed E-state index contributed by atoms with van der Waals surface area (Å²) in [5.41, 5.74) is 1.57. The van der Waals surface area contributed by atoms with Crippen molar-refractivity contribution in [3.05, 3.63) is 66.9 Å². The van der Waals surface area contributed by atoms with Crippen molar-refractivity contribution in [3.8, 4) is 0 Å². The standard InChI is InChI=1S/C9H6ClNO2S.C7H9N/c10-14(12,13)8-5-1-3-7-4-2-6-11-9(7)8;1-8-7-5-3-2-4-6-7/h1-6H;2-6,8H,1H3. The Morgan fingerprint density at radius 3 is 2.23 bits per heavy atom. The zero-order chi connectivity index (χ0) is 16.0. The zero-order valence-corrected chi connectivity index (χ0v) is 13.5. The Bertz CT molecular complexity index is 847. The number of para-hydroxylation sites is 2. The molecule has 0 aliphatic carbocycles. The first-order chi connectivity index (χ1) is 10.5. The third-order valence-corrected chi connectivity index (χ3v) is 4.27. The number of nitrogens with one attached hydrogen (secondary N) is 1. The van der Waals surface area contributed by atoms with Gasteiger partial charge in [0.05, 0.1) is 5.52 Å². The molecule has 22 heavy (non-hydrogen) atoms. The molecule has 0 fully saturated rings. The summed E-state index contributed by atoms with van der Waals surface area (Å²) in [6.07, 6.45) is 1.54. The highest BCUT2D eigenvalue weighted by atomic mass is 35.7. The maximum Gasteiger partial charge on any atom is 0.263 e. The molecule has 0 unspecified atom stereocenters. The van der Waals surface area contributed by atoms with Crippen LogP contribution in [0.25, 0.3) is 10.9 Å². The highest BCUT2D eigenvalue weighted by Crippen LogP contribution is 2.23. The Morgan fingerprint density at radius 1 is 0.955 bits per heavy atom. The Morgan fingerprint density at radius 2 is 1.64 bits per heavy atom. The average molecular weight is 335 g/mol. The fourth-order valence-corrected chi connectivity index (χ4v) is 2.89. The average Bonchev–Trinajstić information content (AvgIpc) is 2.55. The first-order valence-electron chi connectivity index (χ1n) is 6.53. The van der Waals surface area contributed by atoms with Crippen molar-refractivity contribution in [1.29, 1.82) is 0 Å². The predicted molar refractivity (Wildman–Crippen MR) is 90.8 cm³/mol. The number of anilines is 1. The number of aromatic nitrogens is 1. The summed E-state index contributed by atoms with van der Waals surface area (Å²) in [5, 5.41) is 3.79. The topological polar surface area (TPSA) is 59.1 Å². The lowest BCUT2D eigenvalue weighted by Crippen LogP contribution is -1.93. The molecule has 114 valence electrons. The molecule has 6 heteroatoms. The van der Waals surface area contributed by atoms with Gasteiger partial charge in [-0.1, -0.05) is 36.4 Å². The molecule has 1 heterocycles. The Kier molecular flexibility index (Phi) is 5.35. The highest BCUT2D eigenvalue weighted by Gasteiger charge is 2.13. The number of nitrogens with zero attached hydrogens (tertiary/aromatic N) is 1. The molecule has 0 aliphatic heterocycles. The lowest BCUT2D eigenvalue weighted by Gasteiger charge is -2.00. The van der Waals surface area contributed by atoms with Gasteiger partial charge in [0.1, 0.15) is 4.90 Å². The SMILES string of the molecule is CNc1ccccc1.O=S(=O)(Cl)c1cccc2cccnc12. The molecular weight excluding hydrogens is 320 g/mol. The third-order valence-electron chi connectivity index (χ3n) is 2.92. The van der Waals surface area contributed by atoms with Crippen molar-refractivity contribution < 1.29 is 8.42 Å². The van der Waals surface area contributed by atoms with Gasteiger partial charge in [0.15, 0.2) is 0 Å². The molecule has 0 spiro atoms. The van der Waals surface area contributed by atoms with E-state index in [1.54, 1.807) is 24.3 Å². The summed E-state index contributed by atoms with van der Waals surface area (Å²) >= 11 is 0. The van der Waals surface area contributed by atoms with Gasteiger partial charge < -0.3 is 5.32 Å². The minimum atomic E-state index is -3.72. The van der Waals surface area contributed by atoms with Crippen molar-refractivity contribution >= 4 is 36.3 Å². The molecule has 1 N–H and O–H groups in total. The van der Waals surface area contributed by atoms with Crippen molar-refractivity contribution in [2.45, 2.75) is 4.90 Å². The molecule has 3 aromatic rings. The number of pyridine rings is 1. The molecule has 4 nitrogen and oxygen atoms in total. The Hall–Kier alpha value is -2.11. The van der Waals surface area contributed by atoms with E-state index in [1.807, 2.05) is 37.4 Å². The molecule has 0 radical (unpaired) electrons. The normalized spacial score (nSPS) is 10.6. The highest BCUT2D eigenvalue weighted by molar-refractivity contribution is 8.14. The predicted octanol–water partition coefficient (Wildman–Crippen LogP) is 3.89. The van der Waals surface area contributed by atoms with Crippen LogP contribution in [0.5, 0.6) is 0 Å². The second-order valence-electron chi connectivity index (χ2n) is 4.39. The van der Waals surface area contributed by atoms with E-state index < -0.39 is 9.05 Å². The quantitative estimate of drug-likeness (QED) is 0.722. The number of benzene rings is 2. The van der Waals surface area contributed by atoms with Crippen molar-refractivity contribution in [2.24, 2.45) is 0 Å². The lowest BCUT2D eigenvalue weighted by atomic mass is 10.2. The van der Waals surface area contributed by atoms with E-state index >= 15 is 0 Å². The summed E-state index contributed by atoms with van der Waals surface area (Å²) in [7, 11) is 3.46. The van der Waals surface area contributed by atoms with Gasteiger partial charge in [0, 0.05) is 35.0 Å². The molecule has 0 amide bonds. The van der Waals surface area contributed by atoms with Crippen molar-refractivity contribution in [3.63, 3.8) is 0 Å². The van der Waals surface area contributed by atoms with Gasteiger partial charge in [-0.2, -0.15) is 0 Å². The minimum absolute atomic E-state index is 0.0530. The van der Waals surface area contributed by atoms with Crippen LogP contribution in [-0.2, 0) is 9.05 Å². The van der Waals surface area contributed by atoms with Gasteiger partial charge in [-0.15, -0.1) is 0 Å². The summed E-state index contributed by atoms with van der Waals surface area (Å²) in [5.74, 6) is 0. The lowest BCUT2D eigenvalue weighted by molar-refractivity contribution is 0.610. The van der Waals surface area contributed by atoms with Gasteiger partial charge in [-0.25, -0.2) is 8.42 Å². The van der Waals surface area contributed by atoms with Gasteiger partial charge in [0.2, 0.25) is 0 Å². The van der Waals surface area contributed by atoms with E-state index in [0.29, 0.717) is 5.52 Å². The number of hydrogen-bond donors (Lipinski definition) is 1. The molecule has 0 atom stereocenters. The number of halogens is 1. The maximum atomic E-state index is 11.2. The molecule has 0 saturated heterocycles. The smallest absolute Gasteiger partial charge is 0.263 e. The van der Waals surface area contributed by atoms with E-state index in [-0.39, 0.29) is 4.90 Å². The van der Waals surface area contributed by atoms with Crippen LogP contribution in [0.4, 0.5) is 5.69 Å². The molecule has 0 saturated carbocycles. The van der Waals surface area contributed by atoms with Crippen molar-refractivity contribution in [2.75, 3.05) is 12.4 Å². The number of hydrogen-bond acceptors (Lipinski definition) is 4. The van der Waals surface area contributed by atoms with Gasteiger partial charge in [-0.05, 0) is 24.3 Å². The fraction of sp³-hybridized carbons (Fsp3) is 0.0625. The van der Waals surface area contributed by atoms with E-state index in [2.05, 4.69) is 10.3 Å².